The third kappa shape index (κ3) is 3.14. The summed E-state index contributed by atoms with van der Waals surface area (Å²) in [5, 5.41) is 5.84. The number of halogens is 1. The van der Waals surface area contributed by atoms with Crippen LogP contribution in [0.2, 0.25) is 0 Å². The predicted molar refractivity (Wildman–Crippen MR) is 74.8 cm³/mol. The van der Waals surface area contributed by atoms with Gasteiger partial charge in [-0.15, -0.1) is 22.7 Å². The number of thiazole rings is 1. The summed E-state index contributed by atoms with van der Waals surface area (Å²) in [4.78, 5) is 16.9. The summed E-state index contributed by atoms with van der Waals surface area (Å²) in [6.45, 7) is 4.41. The third-order valence-corrected chi connectivity index (χ3v) is 5.14. The summed E-state index contributed by atoms with van der Waals surface area (Å²) < 4.78 is 1.01. The fourth-order valence-electron chi connectivity index (χ4n) is 1.32. The highest BCUT2D eigenvalue weighted by Gasteiger charge is 2.11. The molecule has 0 aliphatic heterocycles. The van der Waals surface area contributed by atoms with Crippen LogP contribution >= 0.6 is 38.6 Å². The molecule has 0 bridgehead atoms. The van der Waals surface area contributed by atoms with Crippen molar-refractivity contribution in [1.82, 2.24) is 10.3 Å². The quantitative estimate of drug-likeness (QED) is 0.935. The zero-order chi connectivity index (χ0) is 12.4. The molecule has 2 aromatic heterocycles. The maximum absolute atomic E-state index is 11.8. The van der Waals surface area contributed by atoms with Crippen LogP contribution in [0.5, 0.6) is 0 Å². The molecule has 90 valence electrons. The number of aryl methyl sites for hydroxylation is 2. The first kappa shape index (κ1) is 12.7. The van der Waals surface area contributed by atoms with Gasteiger partial charge in [0.1, 0.15) is 0 Å². The van der Waals surface area contributed by atoms with E-state index in [1.165, 1.54) is 11.3 Å². The fraction of sp³-hybridized carbons (Fsp3) is 0.273. The topological polar surface area (TPSA) is 42.0 Å². The SMILES string of the molecule is Cc1nc(CNC(=O)c2cc(C)c(Br)s2)cs1. The van der Waals surface area contributed by atoms with E-state index in [2.05, 4.69) is 26.2 Å². The Kier molecular flexibility index (Phi) is 3.96. The van der Waals surface area contributed by atoms with Gasteiger partial charge >= 0.3 is 0 Å². The van der Waals surface area contributed by atoms with Crippen molar-refractivity contribution in [2.75, 3.05) is 0 Å². The van der Waals surface area contributed by atoms with Gasteiger partial charge in [0.25, 0.3) is 5.91 Å². The van der Waals surface area contributed by atoms with Gasteiger partial charge in [0.2, 0.25) is 0 Å². The van der Waals surface area contributed by atoms with Crippen molar-refractivity contribution in [3.05, 3.63) is 36.4 Å². The molecule has 0 aromatic carbocycles. The Morgan fingerprint density at radius 2 is 2.29 bits per heavy atom. The first-order valence-electron chi connectivity index (χ1n) is 5.01. The first-order valence-corrected chi connectivity index (χ1v) is 7.50. The molecule has 0 saturated carbocycles. The van der Waals surface area contributed by atoms with Crippen LogP contribution in [-0.2, 0) is 6.54 Å². The van der Waals surface area contributed by atoms with Crippen LogP contribution in [0.3, 0.4) is 0 Å². The standard InChI is InChI=1S/C11H11BrN2OS2/c1-6-3-9(17-10(6)12)11(15)13-4-8-5-16-7(2)14-8/h3,5H,4H2,1-2H3,(H,13,15). The number of nitrogens with one attached hydrogen (secondary N) is 1. The molecule has 0 aliphatic carbocycles. The highest BCUT2D eigenvalue weighted by atomic mass is 79.9. The van der Waals surface area contributed by atoms with E-state index in [4.69, 9.17) is 0 Å². The van der Waals surface area contributed by atoms with Crippen molar-refractivity contribution < 1.29 is 4.79 Å². The van der Waals surface area contributed by atoms with Crippen LogP contribution in [0.15, 0.2) is 15.2 Å². The normalized spacial score (nSPS) is 10.5. The Bertz CT molecular complexity index is 528. The summed E-state index contributed by atoms with van der Waals surface area (Å²) in [6, 6.07) is 1.89. The lowest BCUT2D eigenvalue weighted by Crippen LogP contribution is -2.21. The molecule has 3 nitrogen and oxygen atoms in total. The van der Waals surface area contributed by atoms with Crippen molar-refractivity contribution >= 4 is 44.5 Å². The molecule has 2 heterocycles. The highest BCUT2D eigenvalue weighted by molar-refractivity contribution is 9.11. The number of thiophene rings is 1. The molecule has 2 rings (SSSR count). The number of hydrogen-bond donors (Lipinski definition) is 1. The Balaban J connectivity index is 1.98. The zero-order valence-corrected chi connectivity index (χ0v) is 12.6. The lowest BCUT2D eigenvalue weighted by atomic mass is 10.3. The Morgan fingerprint density at radius 1 is 1.53 bits per heavy atom. The van der Waals surface area contributed by atoms with Crippen molar-refractivity contribution in [2.45, 2.75) is 20.4 Å². The predicted octanol–water partition coefficient (Wildman–Crippen LogP) is 3.51. The molecule has 17 heavy (non-hydrogen) atoms. The van der Waals surface area contributed by atoms with Crippen LogP contribution in [0, 0.1) is 13.8 Å². The molecule has 0 spiro atoms. The minimum atomic E-state index is -0.0468. The number of rotatable bonds is 3. The molecule has 6 heteroatoms. The van der Waals surface area contributed by atoms with Crippen molar-refractivity contribution in [2.24, 2.45) is 0 Å². The summed E-state index contributed by atoms with van der Waals surface area (Å²) in [7, 11) is 0. The van der Waals surface area contributed by atoms with Crippen LogP contribution < -0.4 is 5.32 Å². The van der Waals surface area contributed by atoms with Gasteiger partial charge in [0, 0.05) is 5.38 Å². The van der Waals surface area contributed by atoms with Gasteiger partial charge < -0.3 is 5.32 Å². The number of aromatic nitrogens is 1. The minimum Gasteiger partial charge on any atom is -0.346 e. The van der Waals surface area contributed by atoms with Crippen LogP contribution in [0.4, 0.5) is 0 Å². The highest BCUT2D eigenvalue weighted by Crippen LogP contribution is 2.27. The lowest BCUT2D eigenvalue weighted by Gasteiger charge is -2.00. The van der Waals surface area contributed by atoms with E-state index in [1.54, 1.807) is 11.3 Å². The monoisotopic (exact) mass is 330 g/mol. The second kappa shape index (κ2) is 5.29. The van der Waals surface area contributed by atoms with Crippen molar-refractivity contribution in [3.8, 4) is 0 Å². The van der Waals surface area contributed by atoms with E-state index in [0.29, 0.717) is 6.54 Å². The first-order chi connectivity index (χ1) is 8.06. The molecule has 2 aromatic rings. The van der Waals surface area contributed by atoms with Gasteiger partial charge in [-0.05, 0) is 41.4 Å². The summed E-state index contributed by atoms with van der Waals surface area (Å²) in [5.41, 5.74) is 2.00. The maximum atomic E-state index is 11.8. The van der Waals surface area contributed by atoms with E-state index < -0.39 is 0 Å². The number of hydrogen-bond acceptors (Lipinski definition) is 4. The molecular weight excluding hydrogens is 320 g/mol. The number of amides is 1. The minimum absolute atomic E-state index is 0.0468. The fourth-order valence-corrected chi connectivity index (χ4v) is 3.38. The van der Waals surface area contributed by atoms with Crippen LogP contribution in [0.1, 0.15) is 25.9 Å². The molecule has 0 aliphatic rings. The van der Waals surface area contributed by atoms with E-state index in [9.17, 15) is 4.79 Å². The van der Waals surface area contributed by atoms with Crippen LogP contribution in [-0.4, -0.2) is 10.9 Å². The molecule has 0 radical (unpaired) electrons. The summed E-state index contributed by atoms with van der Waals surface area (Å²) >= 11 is 6.45. The molecule has 0 atom stereocenters. The average Bonchev–Trinajstić information content (AvgIpc) is 2.83. The number of carbonyl (C=O) groups excluding carboxylic acids is 1. The number of carbonyl (C=O) groups is 1. The summed E-state index contributed by atoms with van der Waals surface area (Å²) in [6.07, 6.45) is 0. The maximum Gasteiger partial charge on any atom is 0.261 e. The second-order valence-corrected chi connectivity index (χ2v) is 7.04. The van der Waals surface area contributed by atoms with Crippen LogP contribution in [0.25, 0.3) is 0 Å². The zero-order valence-electron chi connectivity index (χ0n) is 9.41. The summed E-state index contributed by atoms with van der Waals surface area (Å²) in [5.74, 6) is -0.0468. The van der Waals surface area contributed by atoms with E-state index in [0.717, 1.165) is 24.9 Å². The molecule has 0 unspecified atom stereocenters. The Hall–Kier alpha value is -0.720. The molecule has 0 saturated heterocycles. The Morgan fingerprint density at radius 3 is 2.82 bits per heavy atom. The van der Waals surface area contributed by atoms with Gasteiger partial charge in [0.15, 0.2) is 0 Å². The Labute approximate surface area is 116 Å². The van der Waals surface area contributed by atoms with E-state index in [-0.39, 0.29) is 5.91 Å². The second-order valence-electron chi connectivity index (χ2n) is 3.61. The van der Waals surface area contributed by atoms with Gasteiger partial charge in [-0.2, -0.15) is 0 Å². The largest absolute Gasteiger partial charge is 0.346 e. The van der Waals surface area contributed by atoms with Gasteiger partial charge in [-0.25, -0.2) is 4.98 Å². The number of nitrogens with zero attached hydrogens (tertiary/aromatic N) is 1. The molecule has 1 amide bonds. The van der Waals surface area contributed by atoms with E-state index in [1.807, 2.05) is 25.3 Å². The smallest absolute Gasteiger partial charge is 0.261 e. The average molecular weight is 331 g/mol. The molecular formula is C11H11BrN2OS2. The third-order valence-electron chi connectivity index (χ3n) is 2.18. The van der Waals surface area contributed by atoms with Gasteiger partial charge in [-0.1, -0.05) is 0 Å². The van der Waals surface area contributed by atoms with Gasteiger partial charge in [-0.3, -0.25) is 4.79 Å². The van der Waals surface area contributed by atoms with Crippen molar-refractivity contribution in [1.29, 1.82) is 0 Å². The van der Waals surface area contributed by atoms with Gasteiger partial charge in [0.05, 0.1) is 25.9 Å². The van der Waals surface area contributed by atoms with E-state index >= 15 is 0 Å². The van der Waals surface area contributed by atoms with Crippen molar-refractivity contribution in [3.63, 3.8) is 0 Å². The molecule has 0 fully saturated rings. The lowest BCUT2D eigenvalue weighted by molar-refractivity contribution is 0.0954. The molecule has 1 N–H and O–H groups in total.